The number of esters is 1. The molecule has 170 valence electrons. The lowest BCUT2D eigenvalue weighted by Crippen LogP contribution is -2.28. The highest BCUT2D eigenvalue weighted by Gasteiger charge is 2.36. The maximum atomic E-state index is 12.3. The van der Waals surface area contributed by atoms with Crippen LogP contribution in [0.2, 0.25) is 0 Å². The molecule has 32 heavy (non-hydrogen) atoms. The van der Waals surface area contributed by atoms with Crippen LogP contribution in [-0.4, -0.2) is 44.4 Å². The SMILES string of the molecule is COc1cccc(N2CC(C(=O)OCC(=O)Nc3ccc(OC(F)(F)F)cc3)CC2=O)c1. The van der Waals surface area contributed by atoms with Crippen LogP contribution in [0, 0.1) is 5.92 Å². The maximum absolute atomic E-state index is 12.3. The molecule has 2 aromatic rings. The van der Waals surface area contributed by atoms with E-state index in [1.807, 2.05) is 0 Å². The molecular weight excluding hydrogens is 433 g/mol. The monoisotopic (exact) mass is 452 g/mol. The molecule has 0 aliphatic carbocycles. The van der Waals surface area contributed by atoms with Gasteiger partial charge in [0.25, 0.3) is 5.91 Å². The predicted octanol–water partition coefficient (Wildman–Crippen LogP) is 3.13. The number of hydrogen-bond acceptors (Lipinski definition) is 6. The number of hydrogen-bond donors (Lipinski definition) is 1. The Morgan fingerprint density at radius 1 is 1.12 bits per heavy atom. The molecule has 11 heteroatoms. The van der Waals surface area contributed by atoms with Crippen LogP contribution in [0.4, 0.5) is 24.5 Å². The van der Waals surface area contributed by atoms with Crippen LogP contribution in [0.3, 0.4) is 0 Å². The van der Waals surface area contributed by atoms with Crippen molar-refractivity contribution in [3.8, 4) is 11.5 Å². The van der Waals surface area contributed by atoms with Gasteiger partial charge in [0.2, 0.25) is 5.91 Å². The van der Waals surface area contributed by atoms with Gasteiger partial charge in [-0.1, -0.05) is 6.07 Å². The van der Waals surface area contributed by atoms with Crippen molar-refractivity contribution in [2.75, 3.05) is 30.5 Å². The molecule has 2 aromatic carbocycles. The minimum atomic E-state index is -4.82. The lowest BCUT2D eigenvalue weighted by atomic mass is 10.1. The number of ether oxygens (including phenoxy) is 3. The van der Waals surface area contributed by atoms with E-state index in [-0.39, 0.29) is 24.6 Å². The molecule has 0 aromatic heterocycles. The minimum Gasteiger partial charge on any atom is -0.497 e. The minimum absolute atomic E-state index is 0.0572. The Morgan fingerprint density at radius 3 is 2.50 bits per heavy atom. The van der Waals surface area contributed by atoms with Gasteiger partial charge in [0, 0.05) is 30.4 Å². The van der Waals surface area contributed by atoms with Gasteiger partial charge in [-0.3, -0.25) is 14.4 Å². The number of rotatable bonds is 7. The van der Waals surface area contributed by atoms with Gasteiger partial charge in [0.15, 0.2) is 6.61 Å². The van der Waals surface area contributed by atoms with Gasteiger partial charge in [-0.05, 0) is 36.4 Å². The quantitative estimate of drug-likeness (QED) is 0.649. The van der Waals surface area contributed by atoms with Crippen molar-refractivity contribution in [1.82, 2.24) is 0 Å². The number of alkyl halides is 3. The van der Waals surface area contributed by atoms with E-state index >= 15 is 0 Å². The molecule has 1 aliphatic heterocycles. The molecule has 0 saturated carbocycles. The molecule has 1 saturated heterocycles. The van der Waals surface area contributed by atoms with Gasteiger partial charge < -0.3 is 24.4 Å². The summed E-state index contributed by atoms with van der Waals surface area (Å²) >= 11 is 0. The summed E-state index contributed by atoms with van der Waals surface area (Å²) in [4.78, 5) is 38.0. The van der Waals surface area contributed by atoms with E-state index in [0.717, 1.165) is 12.1 Å². The van der Waals surface area contributed by atoms with Crippen LogP contribution in [0.15, 0.2) is 48.5 Å². The number of benzene rings is 2. The summed E-state index contributed by atoms with van der Waals surface area (Å²) < 4.78 is 50.4. The zero-order chi connectivity index (χ0) is 23.3. The first-order valence-corrected chi connectivity index (χ1v) is 9.41. The fourth-order valence-electron chi connectivity index (χ4n) is 3.08. The van der Waals surface area contributed by atoms with Crippen molar-refractivity contribution in [1.29, 1.82) is 0 Å². The van der Waals surface area contributed by atoms with Gasteiger partial charge >= 0.3 is 12.3 Å². The topological polar surface area (TPSA) is 94.2 Å². The van der Waals surface area contributed by atoms with E-state index in [4.69, 9.17) is 9.47 Å². The lowest BCUT2D eigenvalue weighted by molar-refractivity contribution is -0.274. The molecule has 0 bridgehead atoms. The molecule has 3 rings (SSSR count). The normalized spacial score (nSPS) is 15.9. The average Bonchev–Trinajstić information content (AvgIpc) is 3.14. The van der Waals surface area contributed by atoms with Crippen LogP contribution in [0.25, 0.3) is 0 Å². The molecule has 1 aliphatic rings. The van der Waals surface area contributed by atoms with Gasteiger partial charge in [-0.15, -0.1) is 13.2 Å². The van der Waals surface area contributed by atoms with Crippen molar-refractivity contribution < 1.29 is 41.8 Å². The first kappa shape index (κ1) is 22.9. The highest BCUT2D eigenvalue weighted by atomic mass is 19.4. The van der Waals surface area contributed by atoms with Crippen molar-refractivity contribution in [2.45, 2.75) is 12.8 Å². The summed E-state index contributed by atoms with van der Waals surface area (Å²) in [6.07, 6.45) is -4.87. The van der Waals surface area contributed by atoms with E-state index in [1.54, 1.807) is 24.3 Å². The zero-order valence-corrected chi connectivity index (χ0v) is 16.8. The Kier molecular flexibility index (Phi) is 6.86. The Labute approximate surface area is 180 Å². The number of methoxy groups -OCH3 is 1. The van der Waals surface area contributed by atoms with E-state index in [9.17, 15) is 27.6 Å². The number of anilines is 2. The average molecular weight is 452 g/mol. The van der Waals surface area contributed by atoms with Crippen molar-refractivity contribution in [3.63, 3.8) is 0 Å². The van der Waals surface area contributed by atoms with E-state index in [1.165, 1.54) is 24.1 Å². The van der Waals surface area contributed by atoms with Crippen LogP contribution >= 0.6 is 0 Å². The second kappa shape index (κ2) is 9.58. The lowest BCUT2D eigenvalue weighted by Gasteiger charge is -2.17. The first-order chi connectivity index (χ1) is 15.1. The van der Waals surface area contributed by atoms with Crippen molar-refractivity contribution >= 4 is 29.2 Å². The third kappa shape index (κ3) is 6.13. The summed E-state index contributed by atoms with van der Waals surface area (Å²) in [5.41, 5.74) is 0.779. The number of halogens is 3. The van der Waals surface area contributed by atoms with Crippen LogP contribution in [0.5, 0.6) is 11.5 Å². The highest BCUT2D eigenvalue weighted by Crippen LogP contribution is 2.28. The molecule has 1 heterocycles. The largest absolute Gasteiger partial charge is 0.573 e. The van der Waals surface area contributed by atoms with E-state index < -0.39 is 36.5 Å². The first-order valence-electron chi connectivity index (χ1n) is 9.41. The van der Waals surface area contributed by atoms with E-state index in [0.29, 0.717) is 11.4 Å². The number of carbonyl (C=O) groups is 3. The number of nitrogens with zero attached hydrogens (tertiary/aromatic N) is 1. The number of amides is 2. The van der Waals surface area contributed by atoms with Crippen LogP contribution in [-0.2, 0) is 19.1 Å². The molecule has 8 nitrogen and oxygen atoms in total. The smallest absolute Gasteiger partial charge is 0.497 e. The third-order valence-corrected chi connectivity index (χ3v) is 4.54. The predicted molar refractivity (Wildman–Crippen MR) is 106 cm³/mol. The van der Waals surface area contributed by atoms with Crippen molar-refractivity contribution in [2.24, 2.45) is 5.92 Å². The van der Waals surface area contributed by atoms with Crippen molar-refractivity contribution in [3.05, 3.63) is 48.5 Å². The van der Waals surface area contributed by atoms with Crippen LogP contribution in [0.1, 0.15) is 6.42 Å². The van der Waals surface area contributed by atoms with Gasteiger partial charge in [-0.2, -0.15) is 0 Å². The number of carbonyl (C=O) groups excluding carboxylic acids is 3. The van der Waals surface area contributed by atoms with Gasteiger partial charge in [0.1, 0.15) is 11.5 Å². The fraction of sp³-hybridized carbons (Fsp3) is 0.286. The molecule has 1 fully saturated rings. The molecule has 0 spiro atoms. The molecule has 1 unspecified atom stereocenters. The summed E-state index contributed by atoms with van der Waals surface area (Å²) in [6.45, 7) is -0.503. The molecule has 2 amide bonds. The van der Waals surface area contributed by atoms with E-state index in [2.05, 4.69) is 10.1 Å². The maximum Gasteiger partial charge on any atom is 0.573 e. The highest BCUT2D eigenvalue weighted by molar-refractivity contribution is 6.00. The third-order valence-electron chi connectivity index (χ3n) is 4.54. The summed E-state index contributed by atoms with van der Waals surface area (Å²) in [7, 11) is 1.50. The molecule has 0 radical (unpaired) electrons. The summed E-state index contributed by atoms with van der Waals surface area (Å²) in [5, 5.41) is 2.39. The standard InChI is InChI=1S/C21H19F3N2O6/c1-30-17-4-2-3-15(10-17)26-11-13(9-19(26)28)20(29)31-12-18(27)25-14-5-7-16(8-6-14)32-21(22,23)24/h2-8,10,13H,9,11-12H2,1H3,(H,25,27). The fourth-order valence-corrected chi connectivity index (χ4v) is 3.08. The molecule has 1 N–H and O–H groups in total. The van der Waals surface area contributed by atoms with Gasteiger partial charge in [0.05, 0.1) is 13.0 Å². The second-order valence-electron chi connectivity index (χ2n) is 6.83. The molecular formula is C21H19F3N2O6. The molecule has 1 atom stereocenters. The zero-order valence-electron chi connectivity index (χ0n) is 16.8. The summed E-state index contributed by atoms with van der Waals surface area (Å²) in [5.74, 6) is -2.25. The second-order valence-corrected chi connectivity index (χ2v) is 6.83. The Hall–Kier alpha value is -3.76. The Morgan fingerprint density at radius 2 is 1.84 bits per heavy atom. The summed E-state index contributed by atoms with van der Waals surface area (Å²) in [6, 6.07) is 11.3. The van der Waals surface area contributed by atoms with Crippen LogP contribution < -0.4 is 19.7 Å². The Bertz CT molecular complexity index is 994. The number of nitrogens with one attached hydrogen (secondary N) is 1. The van der Waals surface area contributed by atoms with Gasteiger partial charge in [-0.25, -0.2) is 0 Å². The Balaban J connectivity index is 1.49.